The minimum Gasteiger partial charge on any atom is -0.263 e. The molecule has 0 saturated carbocycles. The van der Waals surface area contributed by atoms with E-state index < -0.39 is 10.0 Å². The SMILES string of the molecule is [C-]#[N+]c1ccc(S(=O)(=O)Nc2cccc(C)n2)cc1. The van der Waals surface area contributed by atoms with E-state index in [4.69, 9.17) is 6.57 Å². The standard InChI is InChI=1S/C13H11N3O2S/c1-10-4-3-5-13(15-10)16-19(17,18)12-8-6-11(14-2)7-9-12/h3-9H,1H3,(H,15,16). The van der Waals surface area contributed by atoms with Crippen molar-refractivity contribution in [3.05, 3.63) is 59.6 Å². The monoisotopic (exact) mass is 273 g/mol. The van der Waals surface area contributed by atoms with Gasteiger partial charge in [0.1, 0.15) is 5.82 Å². The van der Waals surface area contributed by atoms with E-state index in [-0.39, 0.29) is 10.7 Å². The second-order valence-electron chi connectivity index (χ2n) is 3.88. The highest BCUT2D eigenvalue weighted by atomic mass is 32.2. The van der Waals surface area contributed by atoms with E-state index >= 15 is 0 Å². The number of pyridine rings is 1. The van der Waals surface area contributed by atoms with E-state index in [1.807, 2.05) is 0 Å². The summed E-state index contributed by atoms with van der Waals surface area (Å²) in [5.41, 5.74) is 1.12. The molecule has 0 fully saturated rings. The molecule has 5 nitrogen and oxygen atoms in total. The van der Waals surface area contributed by atoms with Crippen LogP contribution in [0.1, 0.15) is 5.69 Å². The van der Waals surface area contributed by atoms with Gasteiger partial charge in [-0.1, -0.05) is 30.3 Å². The Kier molecular flexibility index (Phi) is 3.49. The van der Waals surface area contributed by atoms with Gasteiger partial charge in [-0.25, -0.2) is 18.2 Å². The number of anilines is 1. The Balaban J connectivity index is 2.30. The van der Waals surface area contributed by atoms with Crippen LogP contribution in [0.5, 0.6) is 0 Å². The van der Waals surface area contributed by atoms with Crippen LogP contribution >= 0.6 is 0 Å². The van der Waals surface area contributed by atoms with Crippen LogP contribution < -0.4 is 4.72 Å². The molecule has 0 radical (unpaired) electrons. The predicted molar refractivity (Wildman–Crippen MR) is 72.5 cm³/mol. The molecule has 1 aromatic carbocycles. The number of nitrogens with one attached hydrogen (secondary N) is 1. The van der Waals surface area contributed by atoms with Gasteiger partial charge in [0, 0.05) is 5.69 Å². The third-order valence-corrected chi connectivity index (χ3v) is 3.77. The Labute approximate surface area is 111 Å². The van der Waals surface area contributed by atoms with Crippen LogP contribution in [-0.2, 0) is 10.0 Å². The number of nitrogens with zero attached hydrogens (tertiary/aromatic N) is 2. The van der Waals surface area contributed by atoms with Gasteiger partial charge in [-0.15, -0.1) is 0 Å². The summed E-state index contributed by atoms with van der Waals surface area (Å²) in [6.07, 6.45) is 0. The van der Waals surface area contributed by atoms with Crippen LogP contribution in [0, 0.1) is 13.5 Å². The van der Waals surface area contributed by atoms with Crippen LogP contribution in [0.15, 0.2) is 47.4 Å². The third kappa shape index (κ3) is 3.09. The first kappa shape index (κ1) is 13.1. The first-order valence-electron chi connectivity index (χ1n) is 5.45. The smallest absolute Gasteiger partial charge is 0.262 e. The largest absolute Gasteiger partial charge is 0.263 e. The molecule has 0 amide bonds. The highest BCUT2D eigenvalue weighted by Crippen LogP contribution is 2.18. The van der Waals surface area contributed by atoms with Crippen molar-refractivity contribution in [2.45, 2.75) is 11.8 Å². The van der Waals surface area contributed by atoms with Gasteiger partial charge >= 0.3 is 0 Å². The number of benzene rings is 1. The molecule has 0 bridgehead atoms. The summed E-state index contributed by atoms with van der Waals surface area (Å²) in [6, 6.07) is 10.8. The van der Waals surface area contributed by atoms with Crippen molar-refractivity contribution in [2.24, 2.45) is 0 Å². The molecule has 2 rings (SSSR count). The van der Waals surface area contributed by atoms with Gasteiger partial charge in [-0.2, -0.15) is 0 Å². The Bertz CT molecular complexity index is 731. The minimum atomic E-state index is -3.67. The lowest BCUT2D eigenvalue weighted by Gasteiger charge is -2.07. The fourth-order valence-electron chi connectivity index (χ4n) is 1.50. The van der Waals surface area contributed by atoms with Crippen LogP contribution in [0.4, 0.5) is 11.5 Å². The molecule has 6 heteroatoms. The second kappa shape index (κ2) is 5.08. The van der Waals surface area contributed by atoms with Gasteiger partial charge in [0.15, 0.2) is 5.69 Å². The third-order valence-electron chi connectivity index (χ3n) is 2.40. The molecule has 0 unspecified atom stereocenters. The molecule has 19 heavy (non-hydrogen) atoms. The summed E-state index contributed by atoms with van der Waals surface area (Å²) in [7, 11) is -3.67. The predicted octanol–water partition coefficient (Wildman–Crippen LogP) is 2.74. The number of aryl methyl sites for hydroxylation is 1. The molecule has 1 aromatic heterocycles. The van der Waals surface area contributed by atoms with Crippen LogP contribution in [0.3, 0.4) is 0 Å². The molecule has 0 spiro atoms. The Morgan fingerprint density at radius 1 is 1.16 bits per heavy atom. The minimum absolute atomic E-state index is 0.100. The molecule has 0 saturated heterocycles. The van der Waals surface area contributed by atoms with Crippen molar-refractivity contribution in [1.82, 2.24) is 4.98 Å². The van der Waals surface area contributed by atoms with E-state index in [1.54, 1.807) is 25.1 Å². The number of rotatable bonds is 3. The molecule has 0 aliphatic rings. The molecule has 1 heterocycles. The van der Waals surface area contributed by atoms with E-state index in [0.717, 1.165) is 5.69 Å². The van der Waals surface area contributed by atoms with Gasteiger partial charge < -0.3 is 0 Å². The van der Waals surface area contributed by atoms with Crippen LogP contribution in [0.25, 0.3) is 4.85 Å². The normalized spacial score (nSPS) is 10.7. The average molecular weight is 273 g/mol. The van der Waals surface area contributed by atoms with Gasteiger partial charge in [0.2, 0.25) is 0 Å². The van der Waals surface area contributed by atoms with Crippen molar-refractivity contribution in [1.29, 1.82) is 0 Å². The maximum absolute atomic E-state index is 12.1. The molecule has 0 aliphatic carbocycles. The van der Waals surface area contributed by atoms with Gasteiger partial charge in [-0.3, -0.25) is 4.72 Å². The number of sulfonamides is 1. The summed E-state index contributed by atoms with van der Waals surface area (Å²) in [5, 5.41) is 0. The highest BCUT2D eigenvalue weighted by molar-refractivity contribution is 7.92. The topological polar surface area (TPSA) is 63.4 Å². The van der Waals surface area contributed by atoms with Crippen molar-refractivity contribution in [3.63, 3.8) is 0 Å². The Morgan fingerprint density at radius 2 is 1.84 bits per heavy atom. The Morgan fingerprint density at radius 3 is 2.42 bits per heavy atom. The van der Waals surface area contributed by atoms with E-state index in [1.165, 1.54) is 24.3 Å². The summed E-state index contributed by atoms with van der Waals surface area (Å²) >= 11 is 0. The molecular weight excluding hydrogens is 262 g/mol. The van der Waals surface area contributed by atoms with Gasteiger partial charge in [-0.05, 0) is 19.1 Å². The zero-order chi connectivity index (χ0) is 13.9. The average Bonchev–Trinajstić information content (AvgIpc) is 2.38. The zero-order valence-corrected chi connectivity index (χ0v) is 11.0. The number of aromatic nitrogens is 1. The van der Waals surface area contributed by atoms with Crippen molar-refractivity contribution in [2.75, 3.05) is 4.72 Å². The maximum atomic E-state index is 12.1. The zero-order valence-electron chi connectivity index (χ0n) is 10.2. The van der Waals surface area contributed by atoms with E-state index in [0.29, 0.717) is 5.69 Å². The number of hydrogen-bond donors (Lipinski definition) is 1. The lowest BCUT2D eigenvalue weighted by molar-refractivity contribution is 0.601. The molecule has 2 aromatic rings. The maximum Gasteiger partial charge on any atom is 0.262 e. The van der Waals surface area contributed by atoms with E-state index in [2.05, 4.69) is 14.6 Å². The molecule has 0 atom stereocenters. The first-order valence-corrected chi connectivity index (χ1v) is 6.93. The quantitative estimate of drug-likeness (QED) is 0.874. The lowest BCUT2D eigenvalue weighted by atomic mass is 10.3. The van der Waals surface area contributed by atoms with Crippen LogP contribution in [0.2, 0.25) is 0 Å². The van der Waals surface area contributed by atoms with Gasteiger partial charge in [0.25, 0.3) is 10.0 Å². The van der Waals surface area contributed by atoms with Crippen molar-refractivity contribution >= 4 is 21.5 Å². The summed E-state index contributed by atoms with van der Waals surface area (Å²) in [5.74, 6) is 0.272. The lowest BCUT2D eigenvalue weighted by Crippen LogP contribution is -2.13. The van der Waals surface area contributed by atoms with Crippen LogP contribution in [-0.4, -0.2) is 13.4 Å². The molecule has 1 N–H and O–H groups in total. The molecule has 96 valence electrons. The first-order chi connectivity index (χ1) is 9.01. The second-order valence-corrected chi connectivity index (χ2v) is 5.56. The summed E-state index contributed by atoms with van der Waals surface area (Å²) in [6.45, 7) is 8.60. The van der Waals surface area contributed by atoms with Crippen molar-refractivity contribution < 1.29 is 8.42 Å². The van der Waals surface area contributed by atoms with E-state index in [9.17, 15) is 8.42 Å². The van der Waals surface area contributed by atoms with Gasteiger partial charge in [0.05, 0.1) is 11.5 Å². The summed E-state index contributed by atoms with van der Waals surface area (Å²) in [4.78, 5) is 7.39. The number of hydrogen-bond acceptors (Lipinski definition) is 3. The highest BCUT2D eigenvalue weighted by Gasteiger charge is 2.14. The fraction of sp³-hybridized carbons (Fsp3) is 0.0769. The van der Waals surface area contributed by atoms with Crippen molar-refractivity contribution in [3.8, 4) is 0 Å². The molecule has 0 aliphatic heterocycles. The Hall–Kier alpha value is -2.39. The molecular formula is C13H11N3O2S. The fourth-order valence-corrected chi connectivity index (χ4v) is 2.50. The summed E-state index contributed by atoms with van der Waals surface area (Å²) < 4.78 is 26.6.